The predicted molar refractivity (Wildman–Crippen MR) is 202 cm³/mol. The first kappa shape index (κ1) is 35.0. The molecule has 3 N–H and O–H groups in total. The molecule has 3 unspecified atom stereocenters. The molecule has 9 nitrogen and oxygen atoms in total. The van der Waals surface area contributed by atoms with E-state index in [9.17, 15) is 14.7 Å². The molecule has 262 valence electrons. The third-order valence-corrected chi connectivity index (χ3v) is 9.92. The van der Waals surface area contributed by atoms with Crippen molar-refractivity contribution in [2.45, 2.75) is 49.9 Å². The minimum absolute atomic E-state index is 0.0168. The summed E-state index contributed by atoms with van der Waals surface area (Å²) in [6.07, 6.45) is 1.25. The number of para-hydroxylation sites is 2. The van der Waals surface area contributed by atoms with Gasteiger partial charge in [0.2, 0.25) is 5.91 Å². The molecule has 5 aromatic carbocycles. The van der Waals surface area contributed by atoms with E-state index in [1.54, 1.807) is 11.8 Å². The molecular formula is C42H38N4O5S. The molecular weight excluding hydrogens is 673 g/mol. The Bertz CT molecular complexity index is 2180. The van der Waals surface area contributed by atoms with E-state index >= 15 is 0 Å². The van der Waals surface area contributed by atoms with Gasteiger partial charge in [-0.15, -0.1) is 11.8 Å². The Kier molecular flexibility index (Phi) is 11.0. The molecule has 1 fully saturated rings. The van der Waals surface area contributed by atoms with E-state index in [2.05, 4.69) is 38.8 Å². The Labute approximate surface area is 306 Å². The van der Waals surface area contributed by atoms with Gasteiger partial charge < -0.3 is 25.2 Å². The standard InChI is InChI=1S/C42H38N4O5S/c1-27(48)45-34-16-18-36(19-17-34)52-26-35-22-40(30-14-12-28(25-47)13-15-30)51-42(50-35)33-9-5-8-32(21-33)31-7-4-6-29(20-31)23-44-41(49)39-24-43-37-10-2-3-11-38(37)46-39/h2-21,24,35,40,42,47H,22-23,25-26H2,1H3,(H,44,49)(H,45,48). The molecule has 0 bridgehead atoms. The van der Waals surface area contributed by atoms with Gasteiger partial charge in [-0.2, -0.15) is 0 Å². The van der Waals surface area contributed by atoms with Gasteiger partial charge in [-0.3, -0.25) is 14.6 Å². The van der Waals surface area contributed by atoms with E-state index in [1.165, 1.54) is 13.1 Å². The van der Waals surface area contributed by atoms with Crippen LogP contribution in [0.5, 0.6) is 0 Å². The van der Waals surface area contributed by atoms with Crippen molar-refractivity contribution in [3.8, 4) is 11.1 Å². The maximum atomic E-state index is 12.9. The van der Waals surface area contributed by atoms with Crippen molar-refractivity contribution in [2.75, 3.05) is 11.1 Å². The Morgan fingerprint density at radius 2 is 1.56 bits per heavy atom. The van der Waals surface area contributed by atoms with Gasteiger partial charge in [-0.05, 0) is 76.3 Å². The summed E-state index contributed by atoms with van der Waals surface area (Å²) >= 11 is 1.70. The van der Waals surface area contributed by atoms with Crippen LogP contribution < -0.4 is 10.6 Å². The smallest absolute Gasteiger partial charge is 0.271 e. The first-order valence-electron chi connectivity index (χ1n) is 17.1. The number of aromatic nitrogens is 2. The maximum absolute atomic E-state index is 12.9. The predicted octanol–water partition coefficient (Wildman–Crippen LogP) is 8.02. The lowest BCUT2D eigenvalue weighted by Crippen LogP contribution is -2.31. The van der Waals surface area contributed by atoms with Crippen LogP contribution in [0.15, 0.2) is 132 Å². The number of amides is 2. The molecule has 10 heteroatoms. The molecule has 0 spiro atoms. The summed E-state index contributed by atoms with van der Waals surface area (Å²) in [5.41, 5.74) is 8.17. The lowest BCUT2D eigenvalue weighted by atomic mass is 9.99. The van der Waals surface area contributed by atoms with Crippen LogP contribution in [0.3, 0.4) is 0 Å². The molecule has 2 heterocycles. The zero-order chi connectivity index (χ0) is 35.9. The molecule has 3 atom stereocenters. The van der Waals surface area contributed by atoms with E-state index < -0.39 is 6.29 Å². The van der Waals surface area contributed by atoms with Gasteiger partial charge in [0, 0.05) is 41.8 Å². The number of aliphatic hydroxyl groups is 1. The van der Waals surface area contributed by atoms with E-state index in [1.807, 2.05) is 103 Å². The van der Waals surface area contributed by atoms with Crippen molar-refractivity contribution in [2.24, 2.45) is 0 Å². The zero-order valence-electron chi connectivity index (χ0n) is 28.6. The summed E-state index contributed by atoms with van der Waals surface area (Å²) in [6.45, 7) is 1.81. The number of benzene rings is 5. The zero-order valence-corrected chi connectivity index (χ0v) is 29.4. The fraction of sp³-hybridized carbons (Fsp3) is 0.190. The molecule has 2 amide bonds. The number of aliphatic hydroxyl groups excluding tert-OH is 1. The summed E-state index contributed by atoms with van der Waals surface area (Å²) in [4.78, 5) is 34.3. The van der Waals surface area contributed by atoms with Gasteiger partial charge in [0.05, 0.1) is 36.0 Å². The normalized spacial score (nSPS) is 17.1. The number of carbonyl (C=O) groups excluding carboxylic acids is 2. The van der Waals surface area contributed by atoms with E-state index in [0.717, 1.165) is 49.5 Å². The number of ether oxygens (including phenoxy) is 2. The van der Waals surface area contributed by atoms with Crippen LogP contribution in [0.4, 0.5) is 5.69 Å². The van der Waals surface area contributed by atoms with Crippen LogP contribution in [-0.4, -0.2) is 38.7 Å². The van der Waals surface area contributed by atoms with E-state index in [4.69, 9.17) is 9.47 Å². The van der Waals surface area contributed by atoms with Crippen molar-refractivity contribution in [1.29, 1.82) is 0 Å². The van der Waals surface area contributed by atoms with Crippen LogP contribution in [0.25, 0.3) is 22.2 Å². The SMILES string of the molecule is CC(=O)Nc1ccc(SCC2CC(c3ccc(CO)cc3)OC(c3cccc(-c4cccc(CNC(=O)c5cnc6ccccc6n5)c4)c3)O2)cc1. The lowest BCUT2D eigenvalue weighted by molar-refractivity contribution is -0.245. The van der Waals surface area contributed by atoms with E-state index in [0.29, 0.717) is 24.2 Å². The monoisotopic (exact) mass is 710 g/mol. The van der Waals surface area contributed by atoms with Crippen LogP contribution in [-0.2, 0) is 27.4 Å². The highest BCUT2D eigenvalue weighted by Crippen LogP contribution is 2.40. The van der Waals surface area contributed by atoms with Gasteiger partial charge >= 0.3 is 0 Å². The largest absolute Gasteiger partial charge is 0.392 e. The number of fused-ring (bicyclic) bond motifs is 1. The first-order valence-corrected chi connectivity index (χ1v) is 18.1. The number of anilines is 1. The third kappa shape index (κ3) is 8.72. The average molecular weight is 711 g/mol. The Morgan fingerprint density at radius 3 is 2.33 bits per heavy atom. The molecule has 0 aliphatic carbocycles. The highest BCUT2D eigenvalue weighted by Gasteiger charge is 2.32. The minimum Gasteiger partial charge on any atom is -0.392 e. The van der Waals surface area contributed by atoms with Gasteiger partial charge in [0.1, 0.15) is 5.69 Å². The quantitative estimate of drug-likeness (QED) is 0.116. The molecule has 1 saturated heterocycles. The molecule has 1 aromatic heterocycles. The van der Waals surface area contributed by atoms with Crippen molar-refractivity contribution in [3.05, 3.63) is 155 Å². The summed E-state index contributed by atoms with van der Waals surface area (Å²) in [5.74, 6) is 0.324. The van der Waals surface area contributed by atoms with Gasteiger partial charge in [0.25, 0.3) is 5.91 Å². The highest BCUT2D eigenvalue weighted by molar-refractivity contribution is 7.99. The fourth-order valence-corrected chi connectivity index (χ4v) is 7.04. The van der Waals surface area contributed by atoms with Gasteiger partial charge in [-0.1, -0.05) is 72.8 Å². The summed E-state index contributed by atoms with van der Waals surface area (Å²) in [6, 6.07) is 39.4. The summed E-state index contributed by atoms with van der Waals surface area (Å²) in [7, 11) is 0. The fourth-order valence-electron chi connectivity index (χ4n) is 6.11. The number of thioether (sulfide) groups is 1. The van der Waals surface area contributed by atoms with E-state index in [-0.39, 0.29) is 36.3 Å². The van der Waals surface area contributed by atoms with Crippen LogP contribution in [0.2, 0.25) is 0 Å². The lowest BCUT2D eigenvalue weighted by Gasteiger charge is -2.36. The second-order valence-corrected chi connectivity index (χ2v) is 13.7. The van der Waals surface area contributed by atoms with Crippen molar-refractivity contribution in [3.63, 3.8) is 0 Å². The Hall–Kier alpha value is -5.39. The van der Waals surface area contributed by atoms with Crippen LogP contribution in [0.1, 0.15) is 58.5 Å². The minimum atomic E-state index is -0.602. The van der Waals surface area contributed by atoms with Crippen molar-refractivity contribution >= 4 is 40.3 Å². The highest BCUT2D eigenvalue weighted by atomic mass is 32.2. The molecule has 1 aliphatic heterocycles. The molecule has 0 saturated carbocycles. The van der Waals surface area contributed by atoms with Crippen LogP contribution >= 0.6 is 11.8 Å². The third-order valence-electron chi connectivity index (χ3n) is 8.78. The van der Waals surface area contributed by atoms with Gasteiger partial charge in [-0.25, -0.2) is 4.98 Å². The molecule has 1 aliphatic rings. The molecule has 0 radical (unpaired) electrons. The molecule has 52 heavy (non-hydrogen) atoms. The average Bonchev–Trinajstić information content (AvgIpc) is 3.19. The molecule has 7 rings (SSSR count). The number of nitrogens with one attached hydrogen (secondary N) is 2. The Morgan fingerprint density at radius 1 is 0.808 bits per heavy atom. The summed E-state index contributed by atoms with van der Waals surface area (Å²) < 4.78 is 13.2. The number of hydrogen-bond donors (Lipinski definition) is 3. The second-order valence-electron chi connectivity index (χ2n) is 12.6. The number of rotatable bonds is 11. The topological polar surface area (TPSA) is 123 Å². The molecule has 6 aromatic rings. The van der Waals surface area contributed by atoms with Crippen molar-refractivity contribution in [1.82, 2.24) is 15.3 Å². The first-order chi connectivity index (χ1) is 25.4. The maximum Gasteiger partial charge on any atom is 0.271 e. The number of nitrogens with zero attached hydrogens (tertiary/aromatic N) is 2. The Balaban J connectivity index is 1.06. The number of carbonyl (C=O) groups is 2. The second kappa shape index (κ2) is 16.3. The van der Waals surface area contributed by atoms with Crippen molar-refractivity contribution < 1.29 is 24.2 Å². The summed E-state index contributed by atoms with van der Waals surface area (Å²) in [5, 5.41) is 15.4. The number of hydrogen-bond acceptors (Lipinski definition) is 8. The van der Waals surface area contributed by atoms with Crippen LogP contribution in [0, 0.1) is 0 Å². The van der Waals surface area contributed by atoms with Gasteiger partial charge in [0.15, 0.2) is 6.29 Å².